The van der Waals surface area contributed by atoms with Crippen LogP contribution in [0.2, 0.25) is 0 Å². The molecule has 1 saturated heterocycles. The van der Waals surface area contributed by atoms with Crippen LogP contribution in [0.25, 0.3) is 11.2 Å². The molecule has 0 aliphatic carbocycles. The second kappa shape index (κ2) is 51.8. The van der Waals surface area contributed by atoms with Gasteiger partial charge in [0.25, 0.3) is 5.91 Å². The lowest BCUT2D eigenvalue weighted by Crippen LogP contribution is -2.59. The second-order valence-corrected chi connectivity index (χ2v) is 26.1. The number of fused-ring (bicyclic) bond motifs is 1. The molecule has 11 unspecified atom stereocenters. The van der Waals surface area contributed by atoms with Gasteiger partial charge in [0.1, 0.15) is 66.3 Å². The molecule has 47 heteroatoms. The number of aromatic nitrogens is 4. The summed E-state index contributed by atoms with van der Waals surface area (Å²) in [6.07, 6.45) is 1.09. The van der Waals surface area contributed by atoms with Crippen LogP contribution in [0.1, 0.15) is 154 Å². The van der Waals surface area contributed by atoms with Crippen molar-refractivity contribution in [1.29, 1.82) is 0 Å². The number of carbonyl (C=O) groups excluding carboxylic acids is 10. The van der Waals surface area contributed by atoms with Gasteiger partial charge in [-0.25, -0.2) is 15.0 Å². The van der Waals surface area contributed by atoms with Crippen molar-refractivity contribution >= 4 is 112 Å². The number of hydrogen-bond donors (Lipinski definition) is 26. The smallest absolute Gasteiger partial charge is 0.252 e. The number of aliphatic hydroxyl groups excluding tert-OH is 2. The number of amides is 10. The van der Waals surface area contributed by atoms with Gasteiger partial charge in [-0.1, -0.05) is 12.8 Å². The van der Waals surface area contributed by atoms with E-state index in [-0.39, 0.29) is 201 Å². The van der Waals surface area contributed by atoms with Crippen molar-refractivity contribution in [2.45, 2.75) is 215 Å². The lowest BCUT2D eigenvalue weighted by molar-refractivity contribution is -0.137. The molecule has 10 amide bonds. The van der Waals surface area contributed by atoms with Gasteiger partial charge in [0.2, 0.25) is 53.2 Å². The van der Waals surface area contributed by atoms with E-state index in [0.717, 1.165) is 0 Å². The molecule has 47 nitrogen and oxygen atoms in total. The van der Waals surface area contributed by atoms with E-state index in [0.29, 0.717) is 64.3 Å². The SMILES string of the molecule is NCCCCC(NC(=O)CCCCCNC(=O)C1OC(n2cnc3c(N)ncnc32)C(O)C1O)C(=O)NCCCCCC(=O)NC(CCCN=C(N)N)C(=O)NC(CCCN=C(N)N)C(=O)NC(CCCN=C(N)N)C(=O)NC(CCCN=C(N)N)C(=O)NC(CCCN=C(N)N)C(=O)NC(CCCN=C(N)N)C(N)=O. The summed E-state index contributed by atoms with van der Waals surface area (Å²) in [5, 5.41) is 45.8. The first-order valence-electron chi connectivity index (χ1n) is 36.8. The van der Waals surface area contributed by atoms with E-state index in [1.165, 1.54) is 17.2 Å². The Balaban J connectivity index is 1.72. The number of nitrogens with two attached hydrogens (primary N) is 15. The van der Waals surface area contributed by atoms with Crippen LogP contribution in [0.4, 0.5) is 5.82 Å². The number of aliphatic hydroxyl groups is 2. The molecule has 1 fully saturated rings. The van der Waals surface area contributed by atoms with Crippen molar-refractivity contribution in [3.8, 4) is 0 Å². The van der Waals surface area contributed by atoms with E-state index in [1.54, 1.807) is 0 Å². The largest absolute Gasteiger partial charge is 0.387 e. The van der Waals surface area contributed by atoms with Gasteiger partial charge in [0, 0.05) is 65.2 Å². The molecule has 1 aliphatic heterocycles. The van der Waals surface area contributed by atoms with Crippen molar-refractivity contribution in [3.05, 3.63) is 12.7 Å². The molecule has 3 rings (SSSR count). The first-order chi connectivity index (χ1) is 52.8. The number of guanidine groups is 6. The number of carbonyl (C=O) groups is 10. The average molecular weight is 1570 g/mol. The van der Waals surface area contributed by atoms with Crippen molar-refractivity contribution in [3.63, 3.8) is 0 Å². The van der Waals surface area contributed by atoms with Gasteiger partial charge >= 0.3 is 0 Å². The molecule has 622 valence electrons. The summed E-state index contributed by atoms with van der Waals surface area (Å²) in [5.74, 6) is -8.62. The lowest BCUT2D eigenvalue weighted by Gasteiger charge is -2.27. The molecule has 2 aromatic heterocycles. The Morgan fingerprint density at radius 1 is 0.405 bits per heavy atom. The van der Waals surface area contributed by atoms with Crippen molar-refractivity contribution in [2.75, 3.05) is 64.6 Å². The molecule has 41 N–H and O–H groups in total. The summed E-state index contributed by atoms with van der Waals surface area (Å²) in [6.45, 7) is 0.854. The molecule has 0 aromatic carbocycles. The fraction of sp³-hybridized carbons (Fsp3) is 0.672. The van der Waals surface area contributed by atoms with Crippen LogP contribution >= 0.6 is 0 Å². The maximum absolute atomic E-state index is 14.7. The Bertz CT molecular complexity index is 3480. The predicted octanol–water partition coefficient (Wildman–Crippen LogP) is -10.3. The van der Waals surface area contributed by atoms with Crippen molar-refractivity contribution in [2.24, 2.45) is 110 Å². The number of unbranched alkanes of at least 4 members (excludes halogenated alkanes) is 5. The maximum atomic E-state index is 14.7. The summed E-state index contributed by atoms with van der Waals surface area (Å²) in [6, 6.07) is -9.15. The minimum Gasteiger partial charge on any atom is -0.387 e. The monoisotopic (exact) mass is 1570 g/mol. The quantitative estimate of drug-likeness (QED) is 0.0166. The fourth-order valence-corrected chi connectivity index (χ4v) is 11.3. The minimum atomic E-state index is -1.57. The summed E-state index contributed by atoms with van der Waals surface area (Å²) in [7, 11) is 0. The van der Waals surface area contributed by atoms with Crippen molar-refractivity contribution in [1.82, 2.24) is 67.4 Å². The maximum Gasteiger partial charge on any atom is 0.252 e. The number of nitrogen functional groups attached to an aromatic ring is 1. The Labute approximate surface area is 641 Å². The average Bonchev–Trinajstić information content (AvgIpc) is 1.62. The van der Waals surface area contributed by atoms with Gasteiger partial charge in [-0.15, -0.1) is 0 Å². The molecule has 2 aromatic rings. The second-order valence-electron chi connectivity index (χ2n) is 26.1. The molecule has 11 atom stereocenters. The Morgan fingerprint density at radius 3 is 1.12 bits per heavy atom. The van der Waals surface area contributed by atoms with Gasteiger partial charge in [0.05, 0.1) is 6.33 Å². The normalized spacial score (nSPS) is 16.2. The number of primary amides is 1. The summed E-state index contributed by atoms with van der Waals surface area (Å²) in [4.78, 5) is 174. The van der Waals surface area contributed by atoms with Crippen molar-refractivity contribution < 1.29 is 62.9 Å². The highest BCUT2D eigenvalue weighted by Gasteiger charge is 2.48. The molecule has 111 heavy (non-hydrogen) atoms. The number of aliphatic imine (C=N–C) groups is 6. The number of anilines is 1. The standard InChI is InChI=1S/C64H118N34O13/c65-24-6-5-15-36(91-42(99)22-4-2-8-26-81-57(110)47-45(101)46(102)58(111-47)98-34-90-44-48(66)88-33-89-50(44)98)51(104)80-25-7-1-3-23-43(100)92-37(17-10-28-83-60(70)71)52(105)94-39(19-12-30-85-62(74)75)54(107)96-41(21-14-32-87-64(78)79)56(109)97-40(20-13-31-86-63(76)77)55(108)95-38(18-11-29-84-61(72)73)53(106)93-35(49(67)103)16-9-27-82-59(68)69/h33-41,45-47,58,101-102H,1-32,65H2,(H2,67,103)(H,80,104)(H,81,110)(H,91,99)(H,92,100)(H,93,106)(H,94,105)(H,95,108)(H,96,107)(H,97,109)(H2,66,88,89)(H4,68,69,82)(H4,70,71,83)(H4,72,73,84)(H4,74,75,85)(H4,76,77,86)(H4,78,79,87). The fourth-order valence-electron chi connectivity index (χ4n) is 11.3. The zero-order valence-electron chi connectivity index (χ0n) is 62.7. The highest BCUT2D eigenvalue weighted by atomic mass is 16.6. The van der Waals surface area contributed by atoms with Gasteiger partial charge < -0.3 is 149 Å². The Morgan fingerprint density at radius 2 is 0.748 bits per heavy atom. The topological polar surface area (TPSA) is 837 Å². The highest BCUT2D eigenvalue weighted by Crippen LogP contribution is 2.32. The number of nitrogens with zero attached hydrogens (tertiary/aromatic N) is 10. The van der Waals surface area contributed by atoms with Gasteiger partial charge in [0.15, 0.2) is 59.6 Å². The predicted molar refractivity (Wildman–Crippen MR) is 414 cm³/mol. The van der Waals surface area contributed by atoms with E-state index in [1.807, 2.05) is 0 Å². The molecule has 1 aliphatic rings. The van der Waals surface area contributed by atoms with Crippen LogP contribution in [0, 0.1) is 0 Å². The Kier molecular flexibility index (Phi) is 43.7. The Hall–Kier alpha value is -11.5. The van der Waals surface area contributed by atoms with Gasteiger partial charge in [-0.3, -0.25) is 82.5 Å². The van der Waals surface area contributed by atoms with Crippen LogP contribution in [0.3, 0.4) is 0 Å². The number of rotatable bonds is 56. The van der Waals surface area contributed by atoms with E-state index in [2.05, 4.69) is 92.8 Å². The highest BCUT2D eigenvalue weighted by molar-refractivity contribution is 5.97. The number of hydrogen-bond acceptors (Lipinski definition) is 24. The molecule has 0 saturated carbocycles. The van der Waals surface area contributed by atoms with E-state index in [9.17, 15) is 58.2 Å². The first-order valence-corrected chi connectivity index (χ1v) is 36.8. The molecule has 0 spiro atoms. The lowest BCUT2D eigenvalue weighted by atomic mass is 10.0. The van der Waals surface area contributed by atoms with Crippen LogP contribution < -0.4 is 134 Å². The zero-order chi connectivity index (χ0) is 82.4. The van der Waals surface area contributed by atoms with E-state index < -0.39 is 120 Å². The van der Waals surface area contributed by atoms with Crippen LogP contribution in [0.15, 0.2) is 42.6 Å². The van der Waals surface area contributed by atoms with Crippen LogP contribution in [-0.4, -0.2) is 244 Å². The van der Waals surface area contributed by atoms with E-state index in [4.69, 9.17) is 90.7 Å². The number of nitrogens with one attached hydrogen (secondary N) is 9. The number of imidazole rings is 1. The third kappa shape index (κ3) is 37.5. The molecule has 0 bridgehead atoms. The number of ether oxygens (including phenoxy) is 1. The van der Waals surface area contributed by atoms with Gasteiger partial charge in [-0.05, 0) is 129 Å². The molecular weight excluding hydrogens is 1450 g/mol. The third-order valence-electron chi connectivity index (χ3n) is 17.0. The molecular formula is C64H118N34O13. The minimum absolute atomic E-state index is 0.0108. The van der Waals surface area contributed by atoms with Crippen LogP contribution in [-0.2, 0) is 52.7 Å². The van der Waals surface area contributed by atoms with Gasteiger partial charge in [-0.2, -0.15) is 0 Å². The molecule has 3 heterocycles. The summed E-state index contributed by atoms with van der Waals surface area (Å²) < 4.78 is 7.11. The van der Waals surface area contributed by atoms with E-state index >= 15 is 0 Å². The summed E-state index contributed by atoms with van der Waals surface area (Å²) >= 11 is 0. The zero-order valence-corrected chi connectivity index (χ0v) is 62.7. The summed E-state index contributed by atoms with van der Waals surface area (Å²) in [5.41, 5.74) is 84.3. The third-order valence-corrected chi connectivity index (χ3v) is 17.0. The first kappa shape index (κ1) is 93.7. The molecule has 0 radical (unpaired) electrons. The van der Waals surface area contributed by atoms with Crippen LogP contribution in [0.5, 0.6) is 0 Å².